The van der Waals surface area contributed by atoms with Gasteiger partial charge in [-0.15, -0.1) is 0 Å². The summed E-state index contributed by atoms with van der Waals surface area (Å²) < 4.78 is 32.6. The highest BCUT2D eigenvalue weighted by atomic mass is 32.2. The first-order valence-corrected chi connectivity index (χ1v) is 8.69. The van der Waals surface area contributed by atoms with Gasteiger partial charge in [0, 0.05) is 6.26 Å². The zero-order valence-corrected chi connectivity index (χ0v) is 13.2. The fourth-order valence-corrected chi connectivity index (χ4v) is 3.76. The molecule has 1 amide bonds. The minimum Gasteiger partial charge on any atom is -0.462 e. The van der Waals surface area contributed by atoms with Crippen molar-refractivity contribution in [2.24, 2.45) is 9.39 Å². The van der Waals surface area contributed by atoms with Crippen molar-refractivity contribution >= 4 is 49.9 Å². The van der Waals surface area contributed by atoms with Crippen LogP contribution in [0.4, 0.5) is 0 Å². The summed E-state index contributed by atoms with van der Waals surface area (Å²) in [5.41, 5.74) is -0.0584. The van der Waals surface area contributed by atoms with E-state index in [1.165, 1.54) is 6.08 Å². The van der Waals surface area contributed by atoms with E-state index in [2.05, 4.69) is 9.39 Å². The second kappa shape index (κ2) is 4.92. The van der Waals surface area contributed by atoms with E-state index in [4.69, 9.17) is 9.83 Å². The number of aliphatic imine (C=N–C) groups is 1. The normalized spacial score (nSPS) is 20.3. The van der Waals surface area contributed by atoms with Crippen LogP contribution >= 0.6 is 11.9 Å². The van der Waals surface area contributed by atoms with E-state index in [0.717, 1.165) is 23.1 Å². The lowest BCUT2D eigenvalue weighted by Crippen LogP contribution is -2.45. The maximum absolute atomic E-state index is 12.0. The molecule has 0 saturated carbocycles. The Kier molecular flexibility index (Phi) is 3.29. The molecule has 3 heterocycles. The molecule has 0 spiro atoms. The number of nitrogens with zero attached hydrogens (tertiary/aromatic N) is 3. The quantitative estimate of drug-likeness (QED) is 0.608. The summed E-state index contributed by atoms with van der Waals surface area (Å²) in [6, 6.07) is 3.36. The first-order valence-electron chi connectivity index (χ1n) is 6.02. The lowest BCUT2D eigenvalue weighted by Gasteiger charge is -2.23. The Bertz CT molecular complexity index is 892. The van der Waals surface area contributed by atoms with Gasteiger partial charge in [-0.2, -0.15) is 9.39 Å². The Morgan fingerprint density at radius 1 is 1.41 bits per heavy atom. The van der Waals surface area contributed by atoms with Gasteiger partial charge in [0.05, 0.1) is 17.5 Å². The van der Waals surface area contributed by atoms with Crippen molar-refractivity contribution in [3.05, 3.63) is 29.2 Å². The molecule has 0 atom stereocenters. The van der Waals surface area contributed by atoms with Crippen LogP contribution in [0.15, 0.2) is 31.5 Å². The summed E-state index contributed by atoms with van der Waals surface area (Å²) in [6.45, 7) is 1.75. The van der Waals surface area contributed by atoms with Crippen molar-refractivity contribution in [2.75, 3.05) is 6.26 Å². The first kappa shape index (κ1) is 14.7. The topological polar surface area (TPSA) is 116 Å². The number of amides is 1. The Morgan fingerprint density at radius 2 is 2.14 bits per heavy atom. The molecule has 1 N–H and O–H groups in total. The first-order chi connectivity index (χ1) is 10.3. The fraction of sp³-hybridized carbons (Fsp3) is 0.167. The van der Waals surface area contributed by atoms with Gasteiger partial charge in [-0.3, -0.25) is 10.2 Å². The van der Waals surface area contributed by atoms with Crippen LogP contribution in [-0.2, 0) is 14.6 Å². The molecule has 0 unspecified atom stereocenters. The molecule has 22 heavy (non-hydrogen) atoms. The summed E-state index contributed by atoms with van der Waals surface area (Å²) >= 11 is 0.754. The van der Waals surface area contributed by atoms with E-state index >= 15 is 0 Å². The Morgan fingerprint density at radius 3 is 2.73 bits per heavy atom. The van der Waals surface area contributed by atoms with E-state index in [9.17, 15) is 13.2 Å². The van der Waals surface area contributed by atoms with Gasteiger partial charge in [-0.1, -0.05) is 0 Å². The molecule has 0 aromatic carbocycles. The van der Waals surface area contributed by atoms with Gasteiger partial charge in [0.2, 0.25) is 20.2 Å². The third kappa shape index (κ3) is 2.40. The third-order valence-electron chi connectivity index (χ3n) is 2.87. The number of rotatable bonds is 1. The van der Waals surface area contributed by atoms with Gasteiger partial charge < -0.3 is 4.42 Å². The van der Waals surface area contributed by atoms with Gasteiger partial charge in [0.25, 0.3) is 5.91 Å². The average Bonchev–Trinajstić information content (AvgIpc) is 3.00. The number of sulfone groups is 1. The average molecular weight is 338 g/mol. The van der Waals surface area contributed by atoms with Gasteiger partial charge in [0.15, 0.2) is 0 Å². The van der Waals surface area contributed by atoms with Crippen LogP contribution in [0, 0.1) is 12.3 Å². The van der Waals surface area contributed by atoms with E-state index in [1.807, 2.05) is 0 Å². The maximum atomic E-state index is 12.0. The summed E-state index contributed by atoms with van der Waals surface area (Å²) in [6.07, 6.45) is 2.35. The zero-order valence-electron chi connectivity index (χ0n) is 11.5. The van der Waals surface area contributed by atoms with Gasteiger partial charge >= 0.3 is 0 Å². The Hall–Kier alpha value is -2.20. The van der Waals surface area contributed by atoms with Crippen LogP contribution in [0.25, 0.3) is 6.08 Å². The second-order valence-electron chi connectivity index (χ2n) is 4.63. The standard InChI is InChI=1S/C12H10N4O4S2/c1-6-3-4-7(20-6)5-8-9(13)16-11(14-10(8)17)21-15-12(16)22(2,18)19/h3-5,13H,1-2H3/b8-5-,13-9?. The molecule has 3 rings (SSSR count). The van der Waals surface area contributed by atoms with Gasteiger partial charge in [-0.25, -0.2) is 13.3 Å². The molecule has 2 aliphatic heterocycles. The zero-order chi connectivity index (χ0) is 16.1. The summed E-state index contributed by atoms with van der Waals surface area (Å²) in [5.74, 6) is 0.107. The number of hydrogen-bond acceptors (Lipinski definition) is 7. The number of hydrogen-bond donors (Lipinski definition) is 1. The number of aryl methyl sites for hydroxylation is 1. The maximum Gasteiger partial charge on any atom is 0.283 e. The SMILES string of the molecule is Cc1ccc(/C=C2/C(=N)N3C(=NC2=O)SN=C3S(C)(=O)=O)o1. The number of carbonyl (C=O) groups excluding carboxylic acids is 1. The highest BCUT2D eigenvalue weighted by Crippen LogP contribution is 2.29. The third-order valence-corrected chi connectivity index (χ3v) is 4.63. The summed E-state index contributed by atoms with van der Waals surface area (Å²) in [4.78, 5) is 16.9. The molecule has 1 aromatic rings. The summed E-state index contributed by atoms with van der Waals surface area (Å²) in [7, 11) is -3.64. The van der Waals surface area contributed by atoms with Crippen molar-refractivity contribution in [3.8, 4) is 0 Å². The van der Waals surface area contributed by atoms with Crippen molar-refractivity contribution in [2.45, 2.75) is 6.92 Å². The van der Waals surface area contributed by atoms with Gasteiger partial charge in [-0.05, 0) is 25.1 Å². The fourth-order valence-electron chi connectivity index (χ4n) is 1.91. The minimum absolute atomic E-state index is 0.0584. The van der Waals surface area contributed by atoms with E-state index in [0.29, 0.717) is 11.5 Å². The highest BCUT2D eigenvalue weighted by Gasteiger charge is 2.41. The van der Waals surface area contributed by atoms with E-state index in [1.54, 1.807) is 19.1 Å². The molecule has 10 heteroatoms. The molecular weight excluding hydrogens is 328 g/mol. The van der Waals surface area contributed by atoms with Crippen LogP contribution in [0.2, 0.25) is 0 Å². The van der Waals surface area contributed by atoms with E-state index in [-0.39, 0.29) is 21.7 Å². The van der Waals surface area contributed by atoms with Crippen LogP contribution in [0.5, 0.6) is 0 Å². The van der Waals surface area contributed by atoms with E-state index < -0.39 is 15.7 Å². The lowest BCUT2D eigenvalue weighted by molar-refractivity contribution is -0.114. The molecule has 2 aliphatic rings. The largest absolute Gasteiger partial charge is 0.462 e. The Labute approximate surface area is 130 Å². The number of furan rings is 1. The Balaban J connectivity index is 2.07. The number of fused-ring (bicyclic) bond motifs is 1. The predicted molar refractivity (Wildman–Crippen MR) is 83.3 cm³/mol. The molecule has 0 radical (unpaired) electrons. The van der Waals surface area contributed by atoms with Crippen molar-refractivity contribution < 1.29 is 17.6 Å². The molecule has 8 nitrogen and oxygen atoms in total. The summed E-state index contributed by atoms with van der Waals surface area (Å²) in [5, 5.41) is 7.87. The number of amidine groups is 3. The van der Waals surface area contributed by atoms with Crippen molar-refractivity contribution in [3.63, 3.8) is 0 Å². The monoisotopic (exact) mass is 338 g/mol. The van der Waals surface area contributed by atoms with Crippen LogP contribution in [0.1, 0.15) is 11.5 Å². The predicted octanol–water partition coefficient (Wildman–Crippen LogP) is 1.21. The molecular formula is C12H10N4O4S2. The number of nitrogens with one attached hydrogen (secondary N) is 1. The van der Waals surface area contributed by atoms with Crippen molar-refractivity contribution in [1.29, 1.82) is 5.41 Å². The molecule has 114 valence electrons. The van der Waals surface area contributed by atoms with Crippen molar-refractivity contribution in [1.82, 2.24) is 4.90 Å². The lowest BCUT2D eigenvalue weighted by atomic mass is 10.1. The number of carbonyl (C=O) groups is 1. The van der Waals surface area contributed by atoms with Crippen LogP contribution < -0.4 is 0 Å². The smallest absolute Gasteiger partial charge is 0.283 e. The molecule has 1 aromatic heterocycles. The minimum atomic E-state index is -3.64. The van der Waals surface area contributed by atoms with Crippen LogP contribution in [0.3, 0.4) is 0 Å². The molecule has 0 saturated heterocycles. The molecule has 0 bridgehead atoms. The van der Waals surface area contributed by atoms with Gasteiger partial charge in [0.1, 0.15) is 17.4 Å². The molecule has 0 aliphatic carbocycles. The van der Waals surface area contributed by atoms with Crippen LogP contribution in [-0.4, -0.2) is 41.7 Å². The highest BCUT2D eigenvalue weighted by molar-refractivity contribution is 8.16. The molecule has 0 fully saturated rings. The second-order valence-corrected chi connectivity index (χ2v) is 7.27.